The second-order valence-electron chi connectivity index (χ2n) is 4.26. The van der Waals surface area contributed by atoms with Gasteiger partial charge in [0.25, 0.3) is 0 Å². The number of hydrogen-bond acceptors (Lipinski definition) is 1. The molecule has 0 saturated heterocycles. The van der Waals surface area contributed by atoms with Crippen LogP contribution in [0.2, 0.25) is 0 Å². The monoisotopic (exact) mass is 425 g/mol. The Hall–Kier alpha value is -0.920. The highest BCUT2D eigenvalue weighted by Crippen LogP contribution is 2.34. The number of rotatable bonds is 3. The molecule has 21 heavy (non-hydrogen) atoms. The maximum Gasteiger partial charge on any atom is 0.145 e. The van der Waals surface area contributed by atoms with Gasteiger partial charge in [-0.05, 0) is 47.2 Å². The molecule has 2 rings (SSSR count). The minimum absolute atomic E-state index is 0.0112. The molecule has 0 fully saturated rings. The second kappa shape index (κ2) is 6.46. The van der Waals surface area contributed by atoms with Gasteiger partial charge in [-0.25, -0.2) is 17.6 Å². The summed E-state index contributed by atoms with van der Waals surface area (Å²) in [6.45, 7) is 0. The van der Waals surface area contributed by atoms with Crippen LogP contribution in [0.1, 0.15) is 17.2 Å². The van der Waals surface area contributed by atoms with Crippen molar-refractivity contribution in [1.29, 1.82) is 0 Å². The summed E-state index contributed by atoms with van der Waals surface area (Å²) in [5.74, 6) is -3.60. The van der Waals surface area contributed by atoms with Crippen LogP contribution < -0.4 is 5.32 Å². The van der Waals surface area contributed by atoms with Gasteiger partial charge in [-0.2, -0.15) is 0 Å². The highest BCUT2D eigenvalue weighted by atomic mass is 79.9. The molecule has 2 aromatic rings. The largest absolute Gasteiger partial charge is 0.309 e. The molecular formula is C14H9Br2F4N. The normalized spacial score (nSPS) is 12.5. The lowest BCUT2D eigenvalue weighted by Gasteiger charge is -2.20. The van der Waals surface area contributed by atoms with Gasteiger partial charge in [0.05, 0.1) is 10.5 Å². The lowest BCUT2D eigenvalue weighted by atomic mass is 9.96. The maximum atomic E-state index is 14.1. The van der Waals surface area contributed by atoms with Crippen molar-refractivity contribution in [3.05, 3.63) is 67.6 Å². The zero-order chi connectivity index (χ0) is 15.7. The van der Waals surface area contributed by atoms with Gasteiger partial charge in [-0.1, -0.05) is 15.9 Å². The molecule has 0 spiro atoms. The van der Waals surface area contributed by atoms with E-state index in [4.69, 9.17) is 0 Å². The van der Waals surface area contributed by atoms with Crippen molar-refractivity contribution in [3.63, 3.8) is 0 Å². The lowest BCUT2D eigenvalue weighted by molar-refractivity contribution is 0.482. The predicted molar refractivity (Wildman–Crippen MR) is 79.0 cm³/mol. The summed E-state index contributed by atoms with van der Waals surface area (Å²) in [7, 11) is 1.37. The Kier molecular flexibility index (Phi) is 5.06. The zero-order valence-corrected chi connectivity index (χ0v) is 13.8. The van der Waals surface area contributed by atoms with E-state index in [1.54, 1.807) is 0 Å². The number of benzene rings is 2. The molecule has 7 heteroatoms. The van der Waals surface area contributed by atoms with E-state index in [-0.39, 0.29) is 8.95 Å². The molecule has 2 aromatic carbocycles. The molecule has 0 heterocycles. The minimum atomic E-state index is -1.30. The molecular weight excluding hydrogens is 418 g/mol. The van der Waals surface area contributed by atoms with Gasteiger partial charge in [0, 0.05) is 15.6 Å². The molecule has 0 aliphatic heterocycles. The van der Waals surface area contributed by atoms with Gasteiger partial charge in [0.1, 0.15) is 23.3 Å². The molecule has 0 bridgehead atoms. The van der Waals surface area contributed by atoms with Crippen molar-refractivity contribution in [3.8, 4) is 0 Å². The van der Waals surface area contributed by atoms with Crippen LogP contribution >= 0.6 is 31.9 Å². The summed E-state index contributed by atoms with van der Waals surface area (Å²) in [6, 6.07) is 3.00. The number of halogens is 6. The van der Waals surface area contributed by atoms with Crippen molar-refractivity contribution < 1.29 is 17.6 Å². The summed E-state index contributed by atoms with van der Waals surface area (Å²) in [5, 5.41) is 2.55. The fourth-order valence-electron chi connectivity index (χ4n) is 2.07. The van der Waals surface area contributed by atoms with Crippen LogP contribution in [-0.4, -0.2) is 7.05 Å². The summed E-state index contributed by atoms with van der Waals surface area (Å²) < 4.78 is 56.4. The summed E-state index contributed by atoms with van der Waals surface area (Å²) >= 11 is 5.89. The van der Waals surface area contributed by atoms with Gasteiger partial charge in [-0.3, -0.25) is 0 Å². The third kappa shape index (κ3) is 3.14. The standard InChI is InChI=1S/C14H9Br2F4N/c1-21-14(11-9(18)4-6(15)5-10(11)19)12-8(17)3-2-7(16)13(12)20/h2-5,14,21H,1H3. The first-order valence-electron chi connectivity index (χ1n) is 5.82. The zero-order valence-electron chi connectivity index (χ0n) is 10.7. The van der Waals surface area contributed by atoms with E-state index in [9.17, 15) is 17.6 Å². The Morgan fingerprint density at radius 1 is 0.905 bits per heavy atom. The van der Waals surface area contributed by atoms with Crippen molar-refractivity contribution in [1.82, 2.24) is 5.32 Å². The molecule has 0 aromatic heterocycles. The van der Waals surface area contributed by atoms with E-state index in [0.29, 0.717) is 0 Å². The van der Waals surface area contributed by atoms with E-state index >= 15 is 0 Å². The maximum absolute atomic E-state index is 14.1. The summed E-state index contributed by atoms with van der Waals surface area (Å²) in [5.41, 5.74) is -0.899. The topological polar surface area (TPSA) is 12.0 Å². The molecule has 1 nitrogen and oxygen atoms in total. The minimum Gasteiger partial charge on any atom is -0.309 e. The Balaban J connectivity index is 2.69. The Bertz CT molecular complexity index is 668. The molecule has 0 amide bonds. The highest BCUT2D eigenvalue weighted by molar-refractivity contribution is 9.10. The molecule has 1 N–H and O–H groups in total. The van der Waals surface area contributed by atoms with Gasteiger partial charge in [-0.15, -0.1) is 0 Å². The Labute approximate surface area is 135 Å². The van der Waals surface area contributed by atoms with Crippen LogP contribution in [0.4, 0.5) is 17.6 Å². The first-order valence-corrected chi connectivity index (χ1v) is 7.40. The SMILES string of the molecule is CNC(c1c(F)cc(Br)cc1F)c1c(F)ccc(Br)c1F. The fraction of sp³-hybridized carbons (Fsp3) is 0.143. The predicted octanol–water partition coefficient (Wildman–Crippen LogP) is 5.08. The van der Waals surface area contributed by atoms with Crippen LogP contribution in [-0.2, 0) is 0 Å². The van der Waals surface area contributed by atoms with E-state index in [1.807, 2.05) is 0 Å². The van der Waals surface area contributed by atoms with E-state index < -0.39 is 40.4 Å². The summed E-state index contributed by atoms with van der Waals surface area (Å²) in [6.07, 6.45) is 0. The van der Waals surface area contributed by atoms with Gasteiger partial charge in [0.15, 0.2) is 0 Å². The van der Waals surface area contributed by atoms with Crippen LogP contribution in [0, 0.1) is 23.3 Å². The van der Waals surface area contributed by atoms with Crippen LogP contribution in [0.3, 0.4) is 0 Å². The first-order chi connectivity index (χ1) is 9.86. The van der Waals surface area contributed by atoms with E-state index in [1.165, 1.54) is 13.1 Å². The molecule has 0 saturated carbocycles. The van der Waals surface area contributed by atoms with Crippen molar-refractivity contribution in [2.24, 2.45) is 0 Å². The smallest absolute Gasteiger partial charge is 0.145 e. The van der Waals surface area contributed by atoms with Crippen molar-refractivity contribution in [2.45, 2.75) is 6.04 Å². The Morgan fingerprint density at radius 2 is 1.48 bits per heavy atom. The Morgan fingerprint density at radius 3 is 2.00 bits per heavy atom. The van der Waals surface area contributed by atoms with Gasteiger partial charge in [0.2, 0.25) is 0 Å². The van der Waals surface area contributed by atoms with Crippen LogP contribution in [0.5, 0.6) is 0 Å². The quantitative estimate of drug-likeness (QED) is 0.533. The molecule has 0 radical (unpaired) electrons. The van der Waals surface area contributed by atoms with E-state index in [2.05, 4.69) is 37.2 Å². The van der Waals surface area contributed by atoms with Crippen molar-refractivity contribution in [2.75, 3.05) is 7.05 Å². The number of hydrogen-bond donors (Lipinski definition) is 1. The molecule has 0 aliphatic carbocycles. The average molecular weight is 427 g/mol. The average Bonchev–Trinajstić information content (AvgIpc) is 2.40. The van der Waals surface area contributed by atoms with Gasteiger partial charge >= 0.3 is 0 Å². The summed E-state index contributed by atoms with van der Waals surface area (Å²) in [4.78, 5) is 0. The third-order valence-corrected chi connectivity index (χ3v) is 4.06. The molecule has 1 unspecified atom stereocenters. The van der Waals surface area contributed by atoms with Crippen molar-refractivity contribution >= 4 is 31.9 Å². The fourth-order valence-corrected chi connectivity index (χ4v) is 2.82. The molecule has 112 valence electrons. The first kappa shape index (κ1) is 16.5. The third-order valence-electron chi connectivity index (χ3n) is 2.99. The molecule has 1 atom stereocenters. The van der Waals surface area contributed by atoms with Gasteiger partial charge < -0.3 is 5.32 Å². The molecule has 0 aliphatic rings. The second-order valence-corrected chi connectivity index (χ2v) is 6.03. The lowest BCUT2D eigenvalue weighted by Crippen LogP contribution is -2.23. The number of nitrogens with one attached hydrogen (secondary N) is 1. The van der Waals surface area contributed by atoms with Crippen LogP contribution in [0.15, 0.2) is 33.2 Å². The van der Waals surface area contributed by atoms with Crippen LogP contribution in [0.25, 0.3) is 0 Å². The highest BCUT2D eigenvalue weighted by Gasteiger charge is 2.27. The van der Waals surface area contributed by atoms with E-state index in [0.717, 1.165) is 18.2 Å².